The quantitative estimate of drug-likeness (QED) is 0.648. The summed E-state index contributed by atoms with van der Waals surface area (Å²) < 4.78 is 10.5. The molecule has 146 valence electrons. The smallest absolute Gasteiger partial charge is 0.220 e. The van der Waals surface area contributed by atoms with E-state index in [4.69, 9.17) is 9.47 Å². The van der Waals surface area contributed by atoms with Crippen molar-refractivity contribution in [1.82, 2.24) is 10.2 Å². The van der Waals surface area contributed by atoms with Gasteiger partial charge >= 0.3 is 0 Å². The van der Waals surface area contributed by atoms with E-state index in [0.29, 0.717) is 24.3 Å². The van der Waals surface area contributed by atoms with Crippen LogP contribution in [0.1, 0.15) is 51.0 Å². The number of amides is 1. The second-order valence-corrected chi connectivity index (χ2v) is 6.99. The number of rotatable bonds is 10. The lowest BCUT2D eigenvalue weighted by atomic mass is 10.00. The van der Waals surface area contributed by atoms with Crippen molar-refractivity contribution in [2.24, 2.45) is 0 Å². The van der Waals surface area contributed by atoms with E-state index in [1.54, 1.807) is 14.2 Å². The van der Waals surface area contributed by atoms with Crippen LogP contribution >= 0.6 is 0 Å². The first-order valence-corrected chi connectivity index (χ1v) is 9.89. The summed E-state index contributed by atoms with van der Waals surface area (Å²) in [5.74, 6) is 1.53. The van der Waals surface area contributed by atoms with Crippen molar-refractivity contribution in [2.45, 2.75) is 57.9 Å². The molecule has 1 N–H and O–H groups in total. The molecule has 0 bridgehead atoms. The van der Waals surface area contributed by atoms with E-state index < -0.39 is 0 Å². The van der Waals surface area contributed by atoms with Crippen LogP contribution in [0.4, 0.5) is 0 Å². The average Bonchev–Trinajstić information content (AvgIpc) is 2.69. The third kappa shape index (κ3) is 6.20. The zero-order chi connectivity index (χ0) is 18.8. The van der Waals surface area contributed by atoms with Gasteiger partial charge in [0, 0.05) is 25.6 Å². The second kappa shape index (κ2) is 11.1. The van der Waals surface area contributed by atoms with E-state index in [2.05, 4.69) is 17.1 Å². The van der Waals surface area contributed by atoms with Gasteiger partial charge in [0.15, 0.2) is 11.5 Å². The van der Waals surface area contributed by atoms with Crippen LogP contribution in [0.25, 0.3) is 0 Å². The lowest BCUT2D eigenvalue weighted by Gasteiger charge is -2.35. The fraction of sp³-hybridized carbons (Fsp3) is 0.667. The summed E-state index contributed by atoms with van der Waals surface area (Å²) >= 11 is 0. The summed E-state index contributed by atoms with van der Waals surface area (Å²) in [7, 11) is 3.25. The second-order valence-electron chi connectivity index (χ2n) is 6.99. The molecule has 0 unspecified atom stereocenters. The zero-order valence-corrected chi connectivity index (χ0v) is 16.6. The number of nitrogens with one attached hydrogen (secondary N) is 1. The predicted molar refractivity (Wildman–Crippen MR) is 105 cm³/mol. The van der Waals surface area contributed by atoms with Crippen LogP contribution in [0.3, 0.4) is 0 Å². The average molecular weight is 363 g/mol. The molecule has 1 amide bonds. The number of benzene rings is 1. The molecular weight excluding hydrogens is 328 g/mol. The van der Waals surface area contributed by atoms with Gasteiger partial charge in [-0.2, -0.15) is 0 Å². The molecule has 0 radical (unpaired) electrons. The highest BCUT2D eigenvalue weighted by atomic mass is 16.5. The number of likely N-dealkylation sites (tertiary alicyclic amines) is 1. The predicted octanol–water partition coefficient (Wildman–Crippen LogP) is 3.41. The first-order valence-electron chi connectivity index (χ1n) is 9.89. The van der Waals surface area contributed by atoms with E-state index >= 15 is 0 Å². The summed E-state index contributed by atoms with van der Waals surface area (Å²) in [5, 5.41) is 3.05. The van der Waals surface area contributed by atoms with Gasteiger partial charge in [0.1, 0.15) is 0 Å². The maximum atomic E-state index is 12.1. The number of carbonyl (C=O) groups is 1. The summed E-state index contributed by atoms with van der Waals surface area (Å²) in [6.45, 7) is 5.34. The molecule has 1 aromatic rings. The summed E-state index contributed by atoms with van der Waals surface area (Å²) in [6, 6.07) is 6.54. The van der Waals surface area contributed by atoms with E-state index in [1.807, 2.05) is 18.2 Å². The van der Waals surface area contributed by atoms with Gasteiger partial charge in [0.2, 0.25) is 5.91 Å². The lowest BCUT2D eigenvalue weighted by molar-refractivity contribution is -0.121. The van der Waals surface area contributed by atoms with Crippen LogP contribution in [-0.4, -0.2) is 50.7 Å². The molecule has 0 aliphatic carbocycles. The number of piperidine rings is 1. The Hall–Kier alpha value is -1.75. The Balaban J connectivity index is 1.66. The fourth-order valence-corrected chi connectivity index (χ4v) is 3.71. The monoisotopic (exact) mass is 362 g/mol. The molecule has 0 aromatic heterocycles. The van der Waals surface area contributed by atoms with Crippen molar-refractivity contribution >= 4 is 5.91 Å². The van der Waals surface area contributed by atoms with Gasteiger partial charge in [0.25, 0.3) is 0 Å². The van der Waals surface area contributed by atoms with Crippen LogP contribution in [0, 0.1) is 0 Å². The van der Waals surface area contributed by atoms with Gasteiger partial charge in [0.05, 0.1) is 14.2 Å². The van der Waals surface area contributed by atoms with E-state index in [-0.39, 0.29) is 5.91 Å². The molecule has 5 heteroatoms. The Morgan fingerprint density at radius 3 is 2.77 bits per heavy atom. The molecule has 1 aliphatic rings. The van der Waals surface area contributed by atoms with Crippen LogP contribution in [0.2, 0.25) is 0 Å². The van der Waals surface area contributed by atoms with Gasteiger partial charge in [-0.1, -0.05) is 19.4 Å². The molecule has 2 rings (SSSR count). The Bertz CT molecular complexity index is 562. The standard InChI is InChI=1S/C21H34N2O3/c1-4-18-8-5-6-14-23(18)15-7-13-22-21(24)12-10-17-9-11-19(25-2)20(16-17)26-3/h9,11,16,18H,4-8,10,12-15H2,1-3H3,(H,22,24)/t18-/m0/s1. The maximum Gasteiger partial charge on any atom is 0.220 e. The Morgan fingerprint density at radius 1 is 1.23 bits per heavy atom. The number of carbonyl (C=O) groups excluding carboxylic acids is 1. The molecule has 1 fully saturated rings. The molecule has 0 saturated carbocycles. The Kier molecular flexibility index (Phi) is 8.75. The van der Waals surface area contributed by atoms with Crippen LogP contribution in [0.5, 0.6) is 11.5 Å². The molecule has 5 nitrogen and oxygen atoms in total. The minimum absolute atomic E-state index is 0.116. The lowest BCUT2D eigenvalue weighted by Crippen LogP contribution is -2.40. The van der Waals surface area contributed by atoms with E-state index in [1.165, 1.54) is 32.2 Å². The van der Waals surface area contributed by atoms with Gasteiger partial charge in [-0.3, -0.25) is 4.79 Å². The zero-order valence-electron chi connectivity index (χ0n) is 16.6. The molecule has 1 aromatic carbocycles. The largest absolute Gasteiger partial charge is 0.493 e. The third-order valence-electron chi connectivity index (χ3n) is 5.25. The van der Waals surface area contributed by atoms with Crippen molar-refractivity contribution < 1.29 is 14.3 Å². The molecule has 26 heavy (non-hydrogen) atoms. The molecule has 1 atom stereocenters. The highest BCUT2D eigenvalue weighted by Crippen LogP contribution is 2.27. The summed E-state index contributed by atoms with van der Waals surface area (Å²) in [4.78, 5) is 14.7. The topological polar surface area (TPSA) is 50.8 Å². The normalized spacial score (nSPS) is 17.7. The molecular formula is C21H34N2O3. The highest BCUT2D eigenvalue weighted by molar-refractivity contribution is 5.76. The van der Waals surface area contributed by atoms with Gasteiger partial charge in [-0.25, -0.2) is 0 Å². The van der Waals surface area contributed by atoms with Crippen LogP contribution in [0.15, 0.2) is 18.2 Å². The van der Waals surface area contributed by atoms with Crippen molar-refractivity contribution in [3.05, 3.63) is 23.8 Å². The number of aryl methyl sites for hydroxylation is 1. The maximum absolute atomic E-state index is 12.1. The van der Waals surface area contributed by atoms with Crippen LogP contribution in [-0.2, 0) is 11.2 Å². The molecule has 1 heterocycles. The molecule has 0 spiro atoms. The SMILES string of the molecule is CC[C@H]1CCCCN1CCCNC(=O)CCc1ccc(OC)c(OC)c1. The minimum atomic E-state index is 0.116. The molecule has 1 aliphatic heterocycles. The number of hydrogen-bond donors (Lipinski definition) is 1. The summed E-state index contributed by atoms with van der Waals surface area (Å²) in [6.07, 6.45) is 7.47. The van der Waals surface area contributed by atoms with Gasteiger partial charge < -0.3 is 19.7 Å². The Morgan fingerprint density at radius 2 is 2.04 bits per heavy atom. The third-order valence-corrected chi connectivity index (χ3v) is 5.25. The summed E-state index contributed by atoms with van der Waals surface area (Å²) in [5.41, 5.74) is 1.08. The van der Waals surface area contributed by atoms with Crippen LogP contribution < -0.4 is 14.8 Å². The van der Waals surface area contributed by atoms with Crippen molar-refractivity contribution in [1.29, 1.82) is 0 Å². The van der Waals surface area contributed by atoms with Crippen molar-refractivity contribution in [2.75, 3.05) is 33.9 Å². The van der Waals surface area contributed by atoms with Gasteiger partial charge in [-0.15, -0.1) is 0 Å². The number of methoxy groups -OCH3 is 2. The number of nitrogens with zero attached hydrogens (tertiary/aromatic N) is 1. The Labute approximate surface area is 158 Å². The van der Waals surface area contributed by atoms with Gasteiger partial charge in [-0.05, 0) is 56.3 Å². The number of hydrogen-bond acceptors (Lipinski definition) is 4. The highest BCUT2D eigenvalue weighted by Gasteiger charge is 2.19. The first-order chi connectivity index (χ1) is 12.7. The van der Waals surface area contributed by atoms with Crippen molar-refractivity contribution in [3.8, 4) is 11.5 Å². The first kappa shape index (κ1) is 20.6. The van der Waals surface area contributed by atoms with Crippen molar-refractivity contribution in [3.63, 3.8) is 0 Å². The molecule has 1 saturated heterocycles. The van der Waals surface area contributed by atoms with E-state index in [0.717, 1.165) is 31.1 Å². The minimum Gasteiger partial charge on any atom is -0.493 e. The van der Waals surface area contributed by atoms with E-state index in [9.17, 15) is 4.79 Å². The number of ether oxygens (including phenoxy) is 2. The fourth-order valence-electron chi connectivity index (χ4n) is 3.71.